The monoisotopic (exact) mass is 286 g/mol. The zero-order valence-corrected chi connectivity index (χ0v) is 10.1. The molecule has 0 aromatic carbocycles. The Morgan fingerprint density at radius 2 is 1.94 bits per heavy atom. The highest BCUT2D eigenvalue weighted by Gasteiger charge is 2.36. The lowest BCUT2D eigenvalue weighted by molar-refractivity contribution is -0.276. The summed E-state index contributed by atoms with van der Waals surface area (Å²) < 4.78 is 67.1. The number of alkyl halides is 3. The predicted molar refractivity (Wildman–Crippen MR) is 53.6 cm³/mol. The van der Waals surface area contributed by atoms with Gasteiger partial charge in [-0.2, -0.15) is 0 Å². The summed E-state index contributed by atoms with van der Waals surface area (Å²) in [5.74, 6) is -1.51. The largest absolute Gasteiger partial charge is 0.573 e. The van der Waals surface area contributed by atoms with Crippen LogP contribution in [-0.4, -0.2) is 26.9 Å². The van der Waals surface area contributed by atoms with Crippen molar-refractivity contribution in [3.05, 3.63) is 11.8 Å². The summed E-state index contributed by atoms with van der Waals surface area (Å²) in [7, 11) is -3.42. The molecule has 6 nitrogen and oxygen atoms in total. The minimum Gasteiger partial charge on any atom is -0.493 e. The van der Waals surface area contributed by atoms with E-state index < -0.39 is 32.9 Å². The quantitative estimate of drug-likeness (QED) is 0.893. The number of primary sulfonamides is 1. The van der Waals surface area contributed by atoms with Crippen LogP contribution < -0.4 is 14.6 Å². The van der Waals surface area contributed by atoms with Crippen LogP contribution in [0.5, 0.6) is 11.5 Å². The van der Waals surface area contributed by atoms with Crippen molar-refractivity contribution < 1.29 is 31.1 Å². The van der Waals surface area contributed by atoms with Crippen molar-refractivity contribution in [3.8, 4) is 11.5 Å². The van der Waals surface area contributed by atoms with Crippen LogP contribution in [0.1, 0.15) is 5.69 Å². The normalized spacial score (nSPS) is 12.3. The Balaban J connectivity index is 3.53. The summed E-state index contributed by atoms with van der Waals surface area (Å²) in [5, 5.41) is 3.74. The van der Waals surface area contributed by atoms with Crippen LogP contribution in [0.3, 0.4) is 0 Å². The number of ether oxygens (including phenoxy) is 2. The topological polar surface area (TPSA) is 91.5 Å². The summed E-state index contributed by atoms with van der Waals surface area (Å²) in [6, 6.07) is 1.09. The Labute approximate surface area is 101 Å². The molecule has 0 atom stereocenters. The second-order valence-corrected chi connectivity index (χ2v) is 4.67. The molecule has 0 saturated carbocycles. The van der Waals surface area contributed by atoms with Gasteiger partial charge >= 0.3 is 6.36 Å². The average Bonchev–Trinajstić information content (AvgIpc) is 2.16. The first-order valence-corrected chi connectivity index (χ1v) is 5.93. The molecule has 1 rings (SSSR count). The molecule has 18 heavy (non-hydrogen) atoms. The lowest BCUT2D eigenvalue weighted by Gasteiger charge is -2.15. The van der Waals surface area contributed by atoms with Crippen molar-refractivity contribution in [1.29, 1.82) is 0 Å². The van der Waals surface area contributed by atoms with Crippen LogP contribution in [0, 0.1) is 6.92 Å². The third kappa shape index (κ3) is 3.47. The van der Waals surface area contributed by atoms with E-state index in [-0.39, 0.29) is 5.69 Å². The molecule has 0 amide bonds. The summed E-state index contributed by atoms with van der Waals surface area (Å²) in [5.41, 5.74) is 0.116. The SMILES string of the molecule is COc1cc(C)nc(S(N)(=O)=O)c1OC(F)(F)F. The first-order valence-electron chi connectivity index (χ1n) is 4.39. The van der Waals surface area contributed by atoms with Crippen LogP contribution in [0.15, 0.2) is 11.1 Å². The van der Waals surface area contributed by atoms with E-state index in [9.17, 15) is 21.6 Å². The number of hydrogen-bond acceptors (Lipinski definition) is 5. The highest BCUT2D eigenvalue weighted by atomic mass is 32.2. The van der Waals surface area contributed by atoms with Crippen LogP contribution in [0.25, 0.3) is 0 Å². The summed E-state index contributed by atoms with van der Waals surface area (Å²) >= 11 is 0. The van der Waals surface area contributed by atoms with Gasteiger partial charge in [-0.25, -0.2) is 18.5 Å². The molecular weight excluding hydrogens is 277 g/mol. The third-order valence-electron chi connectivity index (χ3n) is 1.74. The van der Waals surface area contributed by atoms with E-state index in [0.717, 1.165) is 13.2 Å². The molecule has 0 unspecified atom stereocenters. The number of methoxy groups -OCH3 is 1. The molecule has 0 radical (unpaired) electrons. The summed E-state index contributed by atoms with van der Waals surface area (Å²) in [4.78, 5) is 3.42. The molecule has 0 saturated heterocycles. The van der Waals surface area contributed by atoms with Gasteiger partial charge in [0.15, 0.2) is 5.75 Å². The Morgan fingerprint density at radius 1 is 1.39 bits per heavy atom. The minimum atomic E-state index is -5.09. The number of rotatable bonds is 3. The first-order chi connectivity index (χ1) is 8.04. The number of nitrogens with two attached hydrogens (primary N) is 1. The van der Waals surface area contributed by atoms with Crippen LogP contribution in [0.4, 0.5) is 13.2 Å². The van der Waals surface area contributed by atoms with Gasteiger partial charge in [0.1, 0.15) is 0 Å². The molecule has 1 aromatic rings. The van der Waals surface area contributed by atoms with Crippen LogP contribution in [-0.2, 0) is 10.0 Å². The van der Waals surface area contributed by atoms with Crippen molar-refractivity contribution >= 4 is 10.0 Å². The maximum Gasteiger partial charge on any atom is 0.573 e. The van der Waals surface area contributed by atoms with Gasteiger partial charge in [0.05, 0.1) is 7.11 Å². The van der Waals surface area contributed by atoms with Gasteiger partial charge in [-0.15, -0.1) is 13.2 Å². The molecule has 0 aliphatic rings. The number of aryl methyl sites for hydroxylation is 1. The van der Waals surface area contributed by atoms with Gasteiger partial charge in [-0.1, -0.05) is 0 Å². The Kier molecular flexibility index (Phi) is 3.72. The van der Waals surface area contributed by atoms with E-state index in [4.69, 9.17) is 5.14 Å². The van der Waals surface area contributed by atoms with Gasteiger partial charge in [0.25, 0.3) is 10.0 Å². The zero-order chi connectivity index (χ0) is 14.1. The number of aromatic nitrogens is 1. The zero-order valence-electron chi connectivity index (χ0n) is 9.28. The molecule has 0 spiro atoms. The summed E-state index contributed by atoms with van der Waals surface area (Å²) in [6.45, 7) is 1.37. The maximum atomic E-state index is 12.2. The van der Waals surface area contributed by atoms with E-state index in [1.807, 2.05) is 0 Å². The lowest BCUT2D eigenvalue weighted by atomic mass is 10.3. The molecule has 0 aliphatic carbocycles. The Bertz CT molecular complexity index is 556. The van der Waals surface area contributed by atoms with Crippen molar-refractivity contribution in [2.24, 2.45) is 5.14 Å². The second kappa shape index (κ2) is 4.61. The molecule has 2 N–H and O–H groups in total. The summed E-state index contributed by atoms with van der Waals surface area (Å²) in [6.07, 6.45) is -5.09. The first kappa shape index (κ1) is 14.5. The highest BCUT2D eigenvalue weighted by Crippen LogP contribution is 2.36. The van der Waals surface area contributed by atoms with E-state index >= 15 is 0 Å². The van der Waals surface area contributed by atoms with E-state index in [1.54, 1.807) is 0 Å². The Morgan fingerprint density at radius 3 is 2.33 bits per heavy atom. The van der Waals surface area contributed by atoms with Crippen molar-refractivity contribution in [2.45, 2.75) is 18.3 Å². The molecule has 0 aliphatic heterocycles. The van der Waals surface area contributed by atoms with Crippen molar-refractivity contribution in [1.82, 2.24) is 4.98 Å². The van der Waals surface area contributed by atoms with Crippen LogP contribution in [0.2, 0.25) is 0 Å². The molecule has 0 fully saturated rings. The number of pyridine rings is 1. The van der Waals surface area contributed by atoms with E-state index in [1.165, 1.54) is 6.92 Å². The average molecular weight is 286 g/mol. The van der Waals surface area contributed by atoms with Gasteiger partial charge < -0.3 is 9.47 Å². The highest BCUT2D eigenvalue weighted by molar-refractivity contribution is 7.89. The van der Waals surface area contributed by atoms with Crippen molar-refractivity contribution in [2.75, 3.05) is 7.11 Å². The van der Waals surface area contributed by atoms with Gasteiger partial charge in [0, 0.05) is 11.8 Å². The van der Waals surface area contributed by atoms with Crippen molar-refractivity contribution in [3.63, 3.8) is 0 Å². The molecule has 0 bridgehead atoms. The molecule has 1 aromatic heterocycles. The fourth-order valence-electron chi connectivity index (χ4n) is 1.16. The maximum absolute atomic E-state index is 12.2. The van der Waals surface area contributed by atoms with Gasteiger partial charge in [-0.05, 0) is 6.92 Å². The molecule has 102 valence electrons. The fraction of sp³-hybridized carbons (Fsp3) is 0.375. The van der Waals surface area contributed by atoms with E-state index in [0.29, 0.717) is 0 Å². The van der Waals surface area contributed by atoms with Crippen LogP contribution >= 0.6 is 0 Å². The smallest absolute Gasteiger partial charge is 0.493 e. The number of halogens is 3. The van der Waals surface area contributed by atoms with E-state index in [2.05, 4.69) is 14.5 Å². The van der Waals surface area contributed by atoms with Gasteiger partial charge in [0.2, 0.25) is 10.8 Å². The third-order valence-corrected chi connectivity index (χ3v) is 2.56. The lowest BCUT2D eigenvalue weighted by Crippen LogP contribution is -2.22. The minimum absolute atomic E-state index is 0.116. The van der Waals surface area contributed by atoms with Gasteiger partial charge in [-0.3, -0.25) is 0 Å². The molecule has 10 heteroatoms. The molecule has 1 heterocycles. The molecular formula is C8H9F3N2O4S. The second-order valence-electron chi connectivity index (χ2n) is 3.19. The number of sulfonamides is 1. The Hall–Kier alpha value is -1.55. The standard InChI is InChI=1S/C8H9F3N2O4S/c1-4-3-5(16-2)6(17-8(9,10)11)7(13-4)18(12,14)15/h3H,1-2H3,(H2,12,14,15). The predicted octanol–water partition coefficient (Wildman–Crippen LogP) is 0.945. The number of nitrogens with zero attached hydrogens (tertiary/aromatic N) is 1. The number of hydrogen-bond donors (Lipinski definition) is 1. The fourth-order valence-corrected chi connectivity index (χ4v) is 1.83.